The molecule has 0 aromatic carbocycles. The van der Waals surface area contributed by atoms with E-state index in [2.05, 4.69) is 5.32 Å². The highest BCUT2D eigenvalue weighted by Gasteiger charge is 2.35. The van der Waals surface area contributed by atoms with Gasteiger partial charge in [0.05, 0.1) is 19.3 Å². The summed E-state index contributed by atoms with van der Waals surface area (Å²) in [5.74, 6) is -2.29. The average molecular weight is 280 g/mol. The lowest BCUT2D eigenvalue weighted by Gasteiger charge is -2.15. The Morgan fingerprint density at radius 1 is 1.40 bits per heavy atom. The zero-order valence-corrected chi connectivity index (χ0v) is 11.3. The van der Waals surface area contributed by atoms with Crippen LogP contribution >= 0.6 is 0 Å². The number of nitrogens with zero attached hydrogens (tertiary/aromatic N) is 1. The van der Waals surface area contributed by atoms with Crippen LogP contribution in [0, 0.1) is 5.92 Å². The SMILES string of the molecule is CC(=O)c1cc(C(=O)NC2COCC2C(=O)O)n(C)c1. The molecule has 1 saturated heterocycles. The van der Waals surface area contributed by atoms with E-state index >= 15 is 0 Å². The molecule has 7 nitrogen and oxygen atoms in total. The fraction of sp³-hybridized carbons (Fsp3) is 0.462. The minimum absolute atomic E-state index is 0.0894. The van der Waals surface area contributed by atoms with Gasteiger partial charge in [0.25, 0.3) is 5.91 Å². The molecule has 20 heavy (non-hydrogen) atoms. The van der Waals surface area contributed by atoms with E-state index in [1.54, 1.807) is 13.2 Å². The summed E-state index contributed by atoms with van der Waals surface area (Å²) < 4.78 is 6.62. The summed E-state index contributed by atoms with van der Waals surface area (Å²) in [6.45, 7) is 1.68. The molecule has 2 rings (SSSR count). The van der Waals surface area contributed by atoms with Gasteiger partial charge in [-0.1, -0.05) is 0 Å². The number of ether oxygens (including phenoxy) is 1. The van der Waals surface area contributed by atoms with E-state index in [1.807, 2.05) is 0 Å². The van der Waals surface area contributed by atoms with Crippen molar-refractivity contribution >= 4 is 17.7 Å². The number of ketones is 1. The maximum atomic E-state index is 12.1. The van der Waals surface area contributed by atoms with Crippen molar-refractivity contribution in [3.63, 3.8) is 0 Å². The number of hydrogen-bond acceptors (Lipinski definition) is 4. The number of carboxylic acids is 1. The Kier molecular flexibility index (Phi) is 3.89. The molecule has 2 heterocycles. The molecule has 0 radical (unpaired) electrons. The van der Waals surface area contributed by atoms with E-state index in [-0.39, 0.29) is 19.0 Å². The maximum Gasteiger partial charge on any atom is 0.311 e. The standard InChI is InChI=1S/C13H16N2O5/c1-7(16)8-3-11(15(2)4-8)12(17)14-10-6-20-5-9(10)13(18)19/h3-4,9-10H,5-6H2,1-2H3,(H,14,17)(H,18,19). The Labute approximate surface area is 115 Å². The van der Waals surface area contributed by atoms with Crippen LogP contribution in [-0.2, 0) is 16.6 Å². The normalized spacial score (nSPS) is 21.7. The average Bonchev–Trinajstić information content (AvgIpc) is 2.95. The molecule has 2 atom stereocenters. The van der Waals surface area contributed by atoms with Gasteiger partial charge in [-0.25, -0.2) is 0 Å². The van der Waals surface area contributed by atoms with Crippen LogP contribution in [0.15, 0.2) is 12.3 Å². The summed E-state index contributed by atoms with van der Waals surface area (Å²) in [4.78, 5) is 34.4. The molecule has 2 unspecified atom stereocenters. The van der Waals surface area contributed by atoms with Gasteiger partial charge in [0.2, 0.25) is 0 Å². The lowest BCUT2D eigenvalue weighted by Crippen LogP contribution is -2.43. The van der Waals surface area contributed by atoms with Crippen LogP contribution in [-0.4, -0.2) is 46.6 Å². The van der Waals surface area contributed by atoms with Crippen LogP contribution in [0.5, 0.6) is 0 Å². The molecule has 0 aliphatic carbocycles. The first kappa shape index (κ1) is 14.3. The monoisotopic (exact) mass is 280 g/mol. The second kappa shape index (κ2) is 5.46. The molecule has 1 aliphatic heterocycles. The molecule has 0 bridgehead atoms. The third-order valence-electron chi connectivity index (χ3n) is 3.36. The number of aryl methyl sites for hydroxylation is 1. The Morgan fingerprint density at radius 2 is 2.10 bits per heavy atom. The second-order valence-electron chi connectivity index (χ2n) is 4.84. The van der Waals surface area contributed by atoms with Gasteiger partial charge in [0, 0.05) is 18.8 Å². The van der Waals surface area contributed by atoms with E-state index in [0.717, 1.165) is 0 Å². The molecule has 0 spiro atoms. The first-order valence-electron chi connectivity index (χ1n) is 6.19. The fourth-order valence-electron chi connectivity index (χ4n) is 2.17. The van der Waals surface area contributed by atoms with Crippen LogP contribution in [0.25, 0.3) is 0 Å². The first-order valence-corrected chi connectivity index (χ1v) is 6.19. The van der Waals surface area contributed by atoms with Gasteiger partial charge in [-0.15, -0.1) is 0 Å². The van der Waals surface area contributed by atoms with Crippen molar-refractivity contribution in [2.45, 2.75) is 13.0 Å². The topological polar surface area (TPSA) is 97.6 Å². The lowest BCUT2D eigenvalue weighted by atomic mass is 10.0. The van der Waals surface area contributed by atoms with Gasteiger partial charge in [0.1, 0.15) is 11.6 Å². The van der Waals surface area contributed by atoms with Crippen molar-refractivity contribution in [2.24, 2.45) is 13.0 Å². The predicted octanol–water partition coefficient (Wildman–Crippen LogP) is 0.0571. The van der Waals surface area contributed by atoms with Crippen molar-refractivity contribution in [3.05, 3.63) is 23.5 Å². The molecule has 7 heteroatoms. The van der Waals surface area contributed by atoms with Crippen molar-refractivity contribution in [2.75, 3.05) is 13.2 Å². The van der Waals surface area contributed by atoms with E-state index in [1.165, 1.54) is 17.6 Å². The van der Waals surface area contributed by atoms with Crippen LogP contribution in [0.3, 0.4) is 0 Å². The summed E-state index contributed by atoms with van der Waals surface area (Å²) in [5.41, 5.74) is 0.751. The van der Waals surface area contributed by atoms with Gasteiger partial charge in [-0.2, -0.15) is 0 Å². The maximum absolute atomic E-state index is 12.1. The Morgan fingerprint density at radius 3 is 2.65 bits per heavy atom. The Bertz CT molecular complexity index is 563. The third-order valence-corrected chi connectivity index (χ3v) is 3.36. The third kappa shape index (κ3) is 2.72. The number of nitrogens with one attached hydrogen (secondary N) is 1. The van der Waals surface area contributed by atoms with E-state index in [0.29, 0.717) is 11.3 Å². The minimum atomic E-state index is -0.996. The molecule has 108 valence electrons. The number of rotatable bonds is 4. The molecule has 1 fully saturated rings. The summed E-state index contributed by atoms with van der Waals surface area (Å²) >= 11 is 0. The highest BCUT2D eigenvalue weighted by atomic mass is 16.5. The summed E-state index contributed by atoms with van der Waals surface area (Å²) in [6.07, 6.45) is 1.57. The zero-order valence-electron chi connectivity index (χ0n) is 11.3. The minimum Gasteiger partial charge on any atom is -0.481 e. The first-order chi connectivity index (χ1) is 9.40. The highest BCUT2D eigenvalue weighted by Crippen LogP contribution is 2.15. The quantitative estimate of drug-likeness (QED) is 0.760. The number of carbonyl (C=O) groups excluding carboxylic acids is 2. The molecule has 1 amide bonds. The van der Waals surface area contributed by atoms with Crippen LogP contribution in [0.2, 0.25) is 0 Å². The van der Waals surface area contributed by atoms with Crippen LogP contribution in [0.1, 0.15) is 27.8 Å². The molecule has 1 aromatic heterocycles. The van der Waals surface area contributed by atoms with Crippen molar-refractivity contribution in [3.8, 4) is 0 Å². The van der Waals surface area contributed by atoms with Crippen molar-refractivity contribution in [1.82, 2.24) is 9.88 Å². The number of carbonyl (C=O) groups is 3. The van der Waals surface area contributed by atoms with Crippen LogP contribution in [0.4, 0.5) is 0 Å². The van der Waals surface area contributed by atoms with E-state index < -0.39 is 23.8 Å². The summed E-state index contributed by atoms with van der Waals surface area (Å²) in [6, 6.07) is 0.930. The second-order valence-corrected chi connectivity index (χ2v) is 4.84. The fourth-order valence-corrected chi connectivity index (χ4v) is 2.17. The molecule has 0 saturated carbocycles. The Balaban J connectivity index is 2.12. The lowest BCUT2D eigenvalue weighted by molar-refractivity contribution is -0.142. The van der Waals surface area contributed by atoms with Gasteiger partial charge >= 0.3 is 5.97 Å². The van der Waals surface area contributed by atoms with E-state index in [9.17, 15) is 14.4 Å². The van der Waals surface area contributed by atoms with Crippen LogP contribution < -0.4 is 5.32 Å². The summed E-state index contributed by atoms with van der Waals surface area (Å²) in [7, 11) is 1.65. The largest absolute Gasteiger partial charge is 0.481 e. The number of carboxylic acid groups (broad SMARTS) is 1. The van der Waals surface area contributed by atoms with Gasteiger partial charge in [-0.05, 0) is 13.0 Å². The van der Waals surface area contributed by atoms with Crippen molar-refractivity contribution in [1.29, 1.82) is 0 Å². The van der Waals surface area contributed by atoms with E-state index in [4.69, 9.17) is 9.84 Å². The predicted molar refractivity (Wildman–Crippen MR) is 68.6 cm³/mol. The molecular formula is C13H16N2O5. The zero-order chi connectivity index (χ0) is 14.9. The Hall–Kier alpha value is -2.15. The molecule has 1 aromatic rings. The number of Topliss-reactive ketones (excluding diaryl/α,β-unsaturated/α-hetero) is 1. The molecule has 1 aliphatic rings. The number of hydrogen-bond donors (Lipinski definition) is 2. The molecular weight excluding hydrogens is 264 g/mol. The number of aliphatic carboxylic acids is 1. The number of amides is 1. The highest BCUT2D eigenvalue weighted by molar-refractivity contribution is 5.99. The van der Waals surface area contributed by atoms with Crippen molar-refractivity contribution < 1.29 is 24.2 Å². The van der Waals surface area contributed by atoms with Gasteiger partial charge in [0.15, 0.2) is 5.78 Å². The van der Waals surface area contributed by atoms with Gasteiger partial charge < -0.3 is 19.7 Å². The van der Waals surface area contributed by atoms with Gasteiger partial charge in [-0.3, -0.25) is 14.4 Å². The molecule has 2 N–H and O–H groups in total. The summed E-state index contributed by atoms with van der Waals surface area (Å²) in [5, 5.41) is 11.7. The number of aromatic nitrogens is 1. The smallest absolute Gasteiger partial charge is 0.311 e.